The number of hydrogen-bond acceptors (Lipinski definition) is 2. The van der Waals surface area contributed by atoms with Crippen molar-refractivity contribution < 1.29 is 9.53 Å². The summed E-state index contributed by atoms with van der Waals surface area (Å²) >= 11 is 6.03. The highest BCUT2D eigenvalue weighted by Gasteiger charge is 2.61. The molecular formula is C18H24ClNO2. The fourth-order valence-electron chi connectivity index (χ4n) is 4.36. The number of ether oxygens (including phenoxy) is 1. The predicted molar refractivity (Wildman–Crippen MR) is 88.1 cm³/mol. The minimum absolute atomic E-state index is 0.0153. The standard InChI is InChI=1S/C18H24ClNO2/c1-17(2)12-8-9-18(17,3)15(10-12)20-16(21)11-22-14-7-5-4-6-13(14)19/h4-7,12,15H,8-11H2,1-3H3,(H,20,21)/t12-,15-,18+/m0/s1. The molecule has 0 radical (unpaired) electrons. The zero-order valence-corrected chi connectivity index (χ0v) is 14.2. The van der Waals surface area contributed by atoms with Gasteiger partial charge in [0.05, 0.1) is 5.02 Å². The predicted octanol–water partition coefficient (Wildman–Crippen LogP) is 4.05. The number of carbonyl (C=O) groups is 1. The maximum Gasteiger partial charge on any atom is 0.258 e. The lowest BCUT2D eigenvalue weighted by Gasteiger charge is -2.39. The van der Waals surface area contributed by atoms with Crippen molar-refractivity contribution in [3.05, 3.63) is 29.3 Å². The van der Waals surface area contributed by atoms with Crippen molar-refractivity contribution >= 4 is 17.5 Å². The SMILES string of the molecule is CC1(C)[C@H]2CC[C@]1(C)[C@@H](NC(=O)COc1ccccc1Cl)C2. The van der Waals surface area contributed by atoms with E-state index < -0.39 is 0 Å². The van der Waals surface area contributed by atoms with Gasteiger partial charge in [0.1, 0.15) is 5.75 Å². The summed E-state index contributed by atoms with van der Waals surface area (Å²) in [6, 6.07) is 7.47. The summed E-state index contributed by atoms with van der Waals surface area (Å²) in [6.07, 6.45) is 3.56. The summed E-state index contributed by atoms with van der Waals surface area (Å²) in [5.41, 5.74) is 0.492. The van der Waals surface area contributed by atoms with Crippen LogP contribution in [0.5, 0.6) is 5.75 Å². The Kier molecular flexibility index (Phi) is 3.88. The van der Waals surface area contributed by atoms with Gasteiger partial charge < -0.3 is 10.1 Å². The Morgan fingerprint density at radius 1 is 1.36 bits per heavy atom. The molecule has 2 fully saturated rings. The Hall–Kier alpha value is -1.22. The van der Waals surface area contributed by atoms with Crippen LogP contribution in [-0.4, -0.2) is 18.6 Å². The fourth-order valence-corrected chi connectivity index (χ4v) is 4.55. The monoisotopic (exact) mass is 321 g/mol. The molecule has 0 unspecified atom stereocenters. The molecule has 0 aliphatic heterocycles. The molecule has 0 spiro atoms. The van der Waals surface area contributed by atoms with Gasteiger partial charge in [0.25, 0.3) is 5.91 Å². The molecule has 1 N–H and O–H groups in total. The normalized spacial score (nSPS) is 32.0. The number of para-hydroxylation sites is 1. The van der Waals surface area contributed by atoms with Crippen molar-refractivity contribution in [1.29, 1.82) is 0 Å². The Labute approximate surface area is 137 Å². The van der Waals surface area contributed by atoms with Crippen LogP contribution in [-0.2, 0) is 4.79 Å². The molecule has 3 rings (SSSR count). The summed E-state index contributed by atoms with van der Waals surface area (Å²) in [5.74, 6) is 1.21. The largest absolute Gasteiger partial charge is 0.482 e. The molecule has 2 aliphatic rings. The van der Waals surface area contributed by atoms with E-state index in [1.165, 1.54) is 12.8 Å². The maximum absolute atomic E-state index is 12.2. The number of hydrogen-bond donors (Lipinski definition) is 1. The van der Waals surface area contributed by atoms with E-state index in [1.807, 2.05) is 12.1 Å². The van der Waals surface area contributed by atoms with Crippen LogP contribution < -0.4 is 10.1 Å². The Morgan fingerprint density at radius 2 is 2.09 bits per heavy atom. The van der Waals surface area contributed by atoms with Gasteiger partial charge in [-0.05, 0) is 48.1 Å². The number of benzene rings is 1. The number of halogens is 1. The van der Waals surface area contributed by atoms with E-state index in [1.54, 1.807) is 12.1 Å². The molecule has 2 bridgehead atoms. The molecule has 3 nitrogen and oxygen atoms in total. The van der Waals surface area contributed by atoms with Crippen LogP contribution in [0.2, 0.25) is 5.02 Å². The topological polar surface area (TPSA) is 38.3 Å². The summed E-state index contributed by atoms with van der Waals surface area (Å²) < 4.78 is 5.53. The van der Waals surface area contributed by atoms with E-state index in [9.17, 15) is 4.79 Å². The number of amides is 1. The molecule has 2 aliphatic carbocycles. The van der Waals surface area contributed by atoms with Crippen LogP contribution in [0.25, 0.3) is 0 Å². The fraction of sp³-hybridized carbons (Fsp3) is 0.611. The molecule has 120 valence electrons. The minimum atomic E-state index is -0.0607. The van der Waals surface area contributed by atoms with Crippen molar-refractivity contribution in [2.45, 2.75) is 46.1 Å². The summed E-state index contributed by atoms with van der Waals surface area (Å²) in [5, 5.41) is 3.72. The number of nitrogens with one attached hydrogen (secondary N) is 1. The lowest BCUT2D eigenvalue weighted by molar-refractivity contribution is -0.124. The van der Waals surface area contributed by atoms with Crippen LogP contribution >= 0.6 is 11.6 Å². The van der Waals surface area contributed by atoms with Crippen molar-refractivity contribution in [3.63, 3.8) is 0 Å². The molecule has 22 heavy (non-hydrogen) atoms. The van der Waals surface area contributed by atoms with Crippen molar-refractivity contribution in [2.24, 2.45) is 16.7 Å². The summed E-state index contributed by atoms with van der Waals surface area (Å²) in [6.45, 7) is 7.02. The van der Waals surface area contributed by atoms with Gasteiger partial charge in [-0.3, -0.25) is 4.79 Å². The smallest absolute Gasteiger partial charge is 0.258 e. The Balaban J connectivity index is 1.59. The van der Waals surface area contributed by atoms with Gasteiger partial charge in [0.15, 0.2) is 6.61 Å². The van der Waals surface area contributed by atoms with Gasteiger partial charge >= 0.3 is 0 Å². The molecule has 3 atom stereocenters. The highest BCUT2D eigenvalue weighted by molar-refractivity contribution is 6.32. The third kappa shape index (κ3) is 2.40. The second-order valence-corrected chi connectivity index (χ2v) is 7.86. The third-order valence-electron chi connectivity index (χ3n) is 6.32. The van der Waals surface area contributed by atoms with Gasteiger partial charge in [-0.1, -0.05) is 44.5 Å². The van der Waals surface area contributed by atoms with Crippen LogP contribution in [0.3, 0.4) is 0 Å². The van der Waals surface area contributed by atoms with Crippen molar-refractivity contribution in [3.8, 4) is 5.75 Å². The third-order valence-corrected chi connectivity index (χ3v) is 6.64. The molecule has 2 saturated carbocycles. The van der Waals surface area contributed by atoms with Crippen molar-refractivity contribution in [2.75, 3.05) is 6.61 Å². The average Bonchev–Trinajstić information content (AvgIpc) is 2.80. The van der Waals surface area contributed by atoms with Gasteiger partial charge in [-0.15, -0.1) is 0 Å². The molecule has 0 heterocycles. The van der Waals surface area contributed by atoms with E-state index in [0.29, 0.717) is 22.1 Å². The maximum atomic E-state index is 12.2. The first-order valence-electron chi connectivity index (χ1n) is 8.01. The lowest BCUT2D eigenvalue weighted by Crippen LogP contribution is -2.48. The van der Waals surface area contributed by atoms with Gasteiger partial charge in [-0.2, -0.15) is 0 Å². The van der Waals surface area contributed by atoms with E-state index in [4.69, 9.17) is 16.3 Å². The molecular weight excluding hydrogens is 298 g/mol. The van der Waals surface area contributed by atoms with E-state index in [2.05, 4.69) is 26.1 Å². The first kappa shape index (κ1) is 15.7. The Bertz CT molecular complexity index is 586. The second-order valence-electron chi connectivity index (χ2n) is 7.45. The van der Waals surface area contributed by atoms with Crippen molar-refractivity contribution in [1.82, 2.24) is 5.32 Å². The van der Waals surface area contributed by atoms with Crippen LogP contribution in [0.15, 0.2) is 24.3 Å². The summed E-state index contributed by atoms with van der Waals surface area (Å²) in [7, 11) is 0. The molecule has 0 aromatic heterocycles. The number of fused-ring (bicyclic) bond motifs is 2. The zero-order valence-electron chi connectivity index (χ0n) is 13.5. The second kappa shape index (κ2) is 5.45. The van der Waals surface area contributed by atoms with Crippen LogP contribution in [0.1, 0.15) is 40.0 Å². The van der Waals surface area contributed by atoms with Gasteiger partial charge in [-0.25, -0.2) is 0 Å². The van der Waals surface area contributed by atoms with E-state index in [0.717, 1.165) is 6.42 Å². The van der Waals surface area contributed by atoms with E-state index >= 15 is 0 Å². The number of carbonyl (C=O) groups excluding carboxylic acids is 1. The molecule has 0 saturated heterocycles. The molecule has 1 aromatic carbocycles. The zero-order chi connectivity index (χ0) is 16.0. The Morgan fingerprint density at radius 3 is 2.68 bits per heavy atom. The highest BCUT2D eigenvalue weighted by atomic mass is 35.5. The quantitative estimate of drug-likeness (QED) is 0.908. The van der Waals surface area contributed by atoms with E-state index in [-0.39, 0.29) is 24.0 Å². The highest BCUT2D eigenvalue weighted by Crippen LogP contribution is 2.65. The average molecular weight is 322 g/mol. The lowest BCUT2D eigenvalue weighted by atomic mass is 9.69. The van der Waals surface area contributed by atoms with Gasteiger partial charge in [0, 0.05) is 6.04 Å². The first-order chi connectivity index (χ1) is 10.3. The van der Waals surface area contributed by atoms with Crippen LogP contribution in [0.4, 0.5) is 0 Å². The molecule has 1 aromatic rings. The first-order valence-corrected chi connectivity index (χ1v) is 8.39. The summed E-state index contributed by atoms with van der Waals surface area (Å²) in [4.78, 5) is 12.2. The van der Waals surface area contributed by atoms with Crippen LogP contribution in [0, 0.1) is 16.7 Å². The molecule has 1 amide bonds. The van der Waals surface area contributed by atoms with Gasteiger partial charge in [0.2, 0.25) is 0 Å². The number of rotatable bonds is 4. The molecule has 4 heteroatoms. The minimum Gasteiger partial charge on any atom is -0.482 e.